The minimum absolute atomic E-state index is 0.299. The first kappa shape index (κ1) is 17.3. The van der Waals surface area contributed by atoms with E-state index in [0.29, 0.717) is 18.8 Å². The fourth-order valence-electron chi connectivity index (χ4n) is 2.95. The maximum absolute atomic E-state index is 12.7. The number of hydrogen-bond donors (Lipinski definition) is 1. The molecule has 4 atom stereocenters. The summed E-state index contributed by atoms with van der Waals surface area (Å²) >= 11 is 0. The summed E-state index contributed by atoms with van der Waals surface area (Å²) in [6.07, 6.45) is -1.79. The van der Waals surface area contributed by atoms with Gasteiger partial charge in [-0.25, -0.2) is 0 Å². The Labute approximate surface area is 141 Å². The van der Waals surface area contributed by atoms with Crippen LogP contribution in [0.2, 0.25) is 0 Å². The highest BCUT2D eigenvalue weighted by Crippen LogP contribution is 2.38. The molecular weight excluding hydrogens is 312 g/mol. The number of aliphatic hydroxyl groups excluding tert-OH is 1. The monoisotopic (exact) mass is 334 g/mol. The van der Waals surface area contributed by atoms with Crippen molar-refractivity contribution < 1.29 is 28.8 Å². The van der Waals surface area contributed by atoms with Gasteiger partial charge in [0, 0.05) is 5.56 Å². The van der Waals surface area contributed by atoms with E-state index in [9.17, 15) is 9.90 Å². The van der Waals surface area contributed by atoms with Crippen molar-refractivity contribution in [2.24, 2.45) is 0 Å². The lowest BCUT2D eigenvalue weighted by molar-refractivity contribution is -0.208. The molecule has 0 saturated carbocycles. The van der Waals surface area contributed by atoms with E-state index in [-0.39, 0.29) is 5.78 Å². The molecule has 0 spiro atoms. The Morgan fingerprint density at radius 3 is 2.92 bits per heavy atom. The van der Waals surface area contributed by atoms with Crippen LogP contribution in [0.1, 0.15) is 29.8 Å². The third kappa shape index (κ3) is 3.43. The van der Waals surface area contributed by atoms with Gasteiger partial charge in [0.25, 0.3) is 0 Å². The van der Waals surface area contributed by atoms with Crippen molar-refractivity contribution in [1.29, 1.82) is 0 Å². The Morgan fingerprint density at radius 1 is 1.42 bits per heavy atom. The molecule has 2 saturated heterocycles. The number of carbonyl (C=O) groups is 1. The summed E-state index contributed by atoms with van der Waals surface area (Å²) in [7, 11) is 0. The molecule has 0 radical (unpaired) electrons. The standard InChI is InChI=1S/C18H22O6/c1-4-8-21-10-11-6-5-7-12(9-11)13(19)15-14(20)16-17(22-15)24-18(2,3)23-16/h4-7,9,14-17,20H,1,8,10H2,2-3H3/t14-,15+,16+,17?/m1/s1. The lowest BCUT2D eigenvalue weighted by Gasteiger charge is -2.22. The van der Waals surface area contributed by atoms with Gasteiger partial charge in [0.2, 0.25) is 0 Å². The molecule has 6 nitrogen and oxygen atoms in total. The highest BCUT2D eigenvalue weighted by atomic mass is 16.8. The van der Waals surface area contributed by atoms with Crippen LogP contribution in [0.3, 0.4) is 0 Å². The van der Waals surface area contributed by atoms with E-state index in [4.69, 9.17) is 18.9 Å². The summed E-state index contributed by atoms with van der Waals surface area (Å²) in [4.78, 5) is 12.7. The van der Waals surface area contributed by atoms with Crippen molar-refractivity contribution >= 4 is 5.78 Å². The van der Waals surface area contributed by atoms with Crippen LogP contribution in [0.25, 0.3) is 0 Å². The van der Waals surface area contributed by atoms with Crippen molar-refractivity contribution in [1.82, 2.24) is 0 Å². The summed E-state index contributed by atoms with van der Waals surface area (Å²) < 4.78 is 22.2. The molecule has 2 aliphatic heterocycles. The normalized spacial score (nSPS) is 31.0. The van der Waals surface area contributed by atoms with Crippen LogP contribution in [-0.4, -0.2) is 47.9 Å². The fraction of sp³-hybridized carbons (Fsp3) is 0.500. The first-order valence-corrected chi connectivity index (χ1v) is 7.92. The minimum atomic E-state index is -1.06. The molecule has 2 heterocycles. The van der Waals surface area contributed by atoms with Gasteiger partial charge in [-0.3, -0.25) is 4.79 Å². The summed E-state index contributed by atoms with van der Waals surface area (Å²) in [5.41, 5.74) is 1.32. The van der Waals surface area contributed by atoms with E-state index < -0.39 is 30.4 Å². The maximum atomic E-state index is 12.7. The topological polar surface area (TPSA) is 74.2 Å². The van der Waals surface area contributed by atoms with Gasteiger partial charge in [0.15, 0.2) is 24.0 Å². The first-order valence-electron chi connectivity index (χ1n) is 7.92. The summed E-state index contributed by atoms with van der Waals surface area (Å²) in [5, 5.41) is 10.4. The molecule has 1 unspecified atom stereocenters. The Hall–Kier alpha value is -1.57. The zero-order valence-corrected chi connectivity index (χ0v) is 13.8. The second kappa shape index (κ2) is 6.74. The molecule has 1 aromatic carbocycles. The summed E-state index contributed by atoms with van der Waals surface area (Å²) in [6, 6.07) is 7.07. The van der Waals surface area contributed by atoms with E-state index in [1.165, 1.54) is 0 Å². The van der Waals surface area contributed by atoms with E-state index in [0.717, 1.165) is 5.56 Å². The molecule has 2 fully saturated rings. The molecule has 2 aliphatic rings. The third-order valence-corrected chi connectivity index (χ3v) is 3.99. The van der Waals surface area contributed by atoms with Gasteiger partial charge in [0.05, 0.1) is 13.2 Å². The number of rotatable bonds is 6. The van der Waals surface area contributed by atoms with Crippen LogP contribution < -0.4 is 0 Å². The van der Waals surface area contributed by atoms with E-state index in [2.05, 4.69) is 6.58 Å². The predicted molar refractivity (Wildman–Crippen MR) is 85.3 cm³/mol. The highest BCUT2D eigenvalue weighted by Gasteiger charge is 2.56. The van der Waals surface area contributed by atoms with Crippen LogP contribution >= 0.6 is 0 Å². The SMILES string of the molecule is C=CCOCc1cccc(C(=O)[C@@H]2OC3OC(C)(C)O[C@H]3[C@@H]2O)c1. The first-order chi connectivity index (χ1) is 11.4. The second-order valence-corrected chi connectivity index (χ2v) is 6.38. The van der Waals surface area contributed by atoms with Gasteiger partial charge in [0.1, 0.15) is 12.2 Å². The Bertz CT molecular complexity index is 626. The van der Waals surface area contributed by atoms with Crippen molar-refractivity contribution in [3.8, 4) is 0 Å². The zero-order chi connectivity index (χ0) is 17.3. The largest absolute Gasteiger partial charge is 0.387 e. The quantitative estimate of drug-likeness (QED) is 0.486. The summed E-state index contributed by atoms with van der Waals surface area (Å²) in [6.45, 7) is 7.89. The zero-order valence-electron chi connectivity index (χ0n) is 13.8. The number of aliphatic hydroxyl groups is 1. The summed E-state index contributed by atoms with van der Waals surface area (Å²) in [5.74, 6) is -1.13. The maximum Gasteiger partial charge on any atom is 0.194 e. The number of Topliss-reactive ketones (excluding diaryl/α,β-unsaturated/α-hetero) is 1. The van der Waals surface area contributed by atoms with Crippen molar-refractivity contribution in [2.75, 3.05) is 6.61 Å². The van der Waals surface area contributed by atoms with Gasteiger partial charge in [-0.15, -0.1) is 6.58 Å². The van der Waals surface area contributed by atoms with Gasteiger partial charge in [-0.1, -0.05) is 24.3 Å². The number of ether oxygens (including phenoxy) is 4. The molecule has 0 bridgehead atoms. The van der Waals surface area contributed by atoms with Crippen LogP contribution in [-0.2, 0) is 25.6 Å². The number of fused-ring (bicyclic) bond motifs is 1. The number of ketones is 1. The lowest BCUT2D eigenvalue weighted by Crippen LogP contribution is -2.38. The van der Waals surface area contributed by atoms with E-state index in [1.54, 1.807) is 38.1 Å². The Kier molecular flexibility index (Phi) is 4.85. The molecule has 0 amide bonds. The van der Waals surface area contributed by atoms with Gasteiger partial charge in [-0.2, -0.15) is 0 Å². The van der Waals surface area contributed by atoms with Gasteiger partial charge < -0.3 is 24.1 Å². The Morgan fingerprint density at radius 2 is 2.21 bits per heavy atom. The number of hydrogen-bond acceptors (Lipinski definition) is 6. The molecular formula is C18H22O6. The van der Waals surface area contributed by atoms with Crippen molar-refractivity contribution in [3.63, 3.8) is 0 Å². The molecule has 0 aromatic heterocycles. The lowest BCUT2D eigenvalue weighted by atomic mass is 9.99. The fourth-order valence-corrected chi connectivity index (χ4v) is 2.95. The second-order valence-electron chi connectivity index (χ2n) is 6.38. The minimum Gasteiger partial charge on any atom is -0.387 e. The molecule has 24 heavy (non-hydrogen) atoms. The van der Waals surface area contributed by atoms with Crippen molar-refractivity contribution in [2.45, 2.75) is 50.8 Å². The van der Waals surface area contributed by atoms with Crippen molar-refractivity contribution in [3.05, 3.63) is 48.0 Å². The average molecular weight is 334 g/mol. The van der Waals surface area contributed by atoms with Crippen LogP contribution in [0, 0.1) is 0 Å². The molecule has 6 heteroatoms. The Balaban J connectivity index is 1.69. The molecule has 130 valence electrons. The van der Waals surface area contributed by atoms with Crippen LogP contribution in [0.4, 0.5) is 0 Å². The molecule has 1 N–H and O–H groups in total. The van der Waals surface area contributed by atoms with E-state index >= 15 is 0 Å². The molecule has 3 rings (SSSR count). The van der Waals surface area contributed by atoms with Crippen LogP contribution in [0.15, 0.2) is 36.9 Å². The highest BCUT2D eigenvalue weighted by molar-refractivity contribution is 6.00. The average Bonchev–Trinajstić information content (AvgIpc) is 3.00. The molecule has 0 aliphatic carbocycles. The van der Waals surface area contributed by atoms with E-state index in [1.807, 2.05) is 6.07 Å². The number of benzene rings is 1. The predicted octanol–water partition coefficient (Wildman–Crippen LogP) is 1.81. The molecule has 1 aromatic rings. The number of carbonyl (C=O) groups excluding carboxylic acids is 1. The smallest absolute Gasteiger partial charge is 0.194 e. The van der Waals surface area contributed by atoms with Gasteiger partial charge >= 0.3 is 0 Å². The van der Waals surface area contributed by atoms with Gasteiger partial charge in [-0.05, 0) is 25.5 Å². The third-order valence-electron chi connectivity index (χ3n) is 3.99. The van der Waals surface area contributed by atoms with Crippen LogP contribution in [0.5, 0.6) is 0 Å².